The molecule has 26 heavy (non-hydrogen) atoms. The van der Waals surface area contributed by atoms with E-state index in [1.54, 1.807) is 0 Å². The van der Waals surface area contributed by atoms with Crippen LogP contribution in [-0.4, -0.2) is 61.8 Å². The van der Waals surface area contributed by atoms with Gasteiger partial charge in [-0.2, -0.15) is 0 Å². The number of fused-ring (bicyclic) bond motifs is 1. The molecule has 1 fully saturated rings. The number of rotatable bonds is 2. The Bertz CT molecular complexity index is 842. The minimum absolute atomic E-state index is 0.131. The third-order valence-corrected chi connectivity index (χ3v) is 4.57. The van der Waals surface area contributed by atoms with E-state index in [0.717, 1.165) is 11.4 Å². The summed E-state index contributed by atoms with van der Waals surface area (Å²) in [6, 6.07) is 0.131. The maximum atomic E-state index is 11.4. The maximum absolute atomic E-state index is 11.4. The molecular formula is C16H19N7O3. The van der Waals surface area contributed by atoms with Gasteiger partial charge in [0, 0.05) is 12.1 Å². The van der Waals surface area contributed by atoms with Crippen molar-refractivity contribution in [2.75, 3.05) is 30.4 Å². The van der Waals surface area contributed by atoms with Gasteiger partial charge in [-0.3, -0.25) is 4.90 Å². The summed E-state index contributed by atoms with van der Waals surface area (Å²) >= 11 is 0. The second-order valence-corrected chi connectivity index (χ2v) is 6.38. The molecule has 10 heteroatoms. The van der Waals surface area contributed by atoms with E-state index in [-0.39, 0.29) is 19.1 Å². The quantitative estimate of drug-likeness (QED) is 0.798. The molecule has 0 radical (unpaired) electrons. The van der Waals surface area contributed by atoms with Crippen LogP contribution in [0.1, 0.15) is 18.2 Å². The average Bonchev–Trinajstić information content (AvgIpc) is 3.07. The van der Waals surface area contributed by atoms with Crippen molar-refractivity contribution in [2.24, 2.45) is 0 Å². The molecule has 1 amide bonds. The van der Waals surface area contributed by atoms with Gasteiger partial charge in [0.2, 0.25) is 0 Å². The lowest BCUT2D eigenvalue weighted by Crippen LogP contribution is -2.44. The number of carbonyl (C=O) groups is 1. The van der Waals surface area contributed by atoms with Crippen molar-refractivity contribution in [2.45, 2.75) is 26.1 Å². The first kappa shape index (κ1) is 16.5. The van der Waals surface area contributed by atoms with Gasteiger partial charge in [-0.15, -0.1) is 0 Å². The first-order valence-electron chi connectivity index (χ1n) is 8.33. The molecule has 2 aromatic heterocycles. The lowest BCUT2D eigenvalue weighted by atomic mass is 10.2. The number of nitrogens with two attached hydrogens (primary N) is 1. The highest BCUT2D eigenvalue weighted by molar-refractivity contribution is 5.68. The molecule has 2 aliphatic rings. The minimum Gasteiger partial charge on any atom is -0.465 e. The lowest BCUT2D eigenvalue weighted by Gasteiger charge is -2.35. The van der Waals surface area contributed by atoms with Gasteiger partial charge in [-0.1, -0.05) is 0 Å². The van der Waals surface area contributed by atoms with E-state index in [9.17, 15) is 9.90 Å². The molecule has 0 bridgehead atoms. The van der Waals surface area contributed by atoms with Crippen molar-refractivity contribution in [1.82, 2.24) is 24.8 Å². The summed E-state index contributed by atoms with van der Waals surface area (Å²) in [5.74, 6) is 1.47. The summed E-state index contributed by atoms with van der Waals surface area (Å²) in [6.45, 7) is 4.44. The normalized spacial score (nSPS) is 19.5. The largest absolute Gasteiger partial charge is 0.465 e. The second-order valence-electron chi connectivity index (χ2n) is 6.38. The van der Waals surface area contributed by atoms with Crippen molar-refractivity contribution in [1.29, 1.82) is 0 Å². The fourth-order valence-electron chi connectivity index (χ4n) is 3.22. The Kier molecular flexibility index (Phi) is 4.03. The van der Waals surface area contributed by atoms with Gasteiger partial charge in [0.1, 0.15) is 17.3 Å². The minimum atomic E-state index is -0.974. The van der Waals surface area contributed by atoms with Gasteiger partial charge in [-0.25, -0.2) is 24.7 Å². The Labute approximate surface area is 149 Å². The zero-order valence-electron chi connectivity index (χ0n) is 14.3. The lowest BCUT2D eigenvalue weighted by molar-refractivity contribution is 0.0983. The molecule has 136 valence electrons. The maximum Gasteiger partial charge on any atom is 0.407 e. The molecule has 4 heterocycles. The Morgan fingerprint density at radius 1 is 1.31 bits per heavy atom. The van der Waals surface area contributed by atoms with E-state index in [1.165, 1.54) is 17.3 Å². The van der Waals surface area contributed by atoms with Crippen molar-refractivity contribution < 1.29 is 14.6 Å². The van der Waals surface area contributed by atoms with Crippen LogP contribution in [0.2, 0.25) is 0 Å². The van der Waals surface area contributed by atoms with Gasteiger partial charge in [0.15, 0.2) is 5.82 Å². The van der Waals surface area contributed by atoms with E-state index in [4.69, 9.17) is 15.5 Å². The summed E-state index contributed by atoms with van der Waals surface area (Å²) in [4.78, 5) is 32.4. The molecule has 1 saturated heterocycles. The summed E-state index contributed by atoms with van der Waals surface area (Å²) < 4.78 is 5.51. The van der Waals surface area contributed by atoms with E-state index in [1.807, 2.05) is 0 Å². The molecule has 3 N–H and O–H groups in total. The Hall–Kier alpha value is -3.01. The smallest absolute Gasteiger partial charge is 0.407 e. The number of anilines is 2. The number of ether oxygens (including phenoxy) is 1. The predicted octanol–water partition coefficient (Wildman–Crippen LogP) is 0.734. The predicted molar refractivity (Wildman–Crippen MR) is 92.4 cm³/mol. The molecule has 2 aromatic rings. The summed E-state index contributed by atoms with van der Waals surface area (Å²) in [7, 11) is 0. The van der Waals surface area contributed by atoms with Gasteiger partial charge in [0.25, 0.3) is 0 Å². The van der Waals surface area contributed by atoms with Crippen LogP contribution in [0.25, 0.3) is 11.5 Å². The van der Waals surface area contributed by atoms with Crippen molar-refractivity contribution in [3.63, 3.8) is 0 Å². The van der Waals surface area contributed by atoms with Crippen LogP contribution in [0.15, 0.2) is 12.4 Å². The number of aromatic nitrogens is 4. The number of carboxylic acid groups (broad SMARTS) is 1. The fourth-order valence-corrected chi connectivity index (χ4v) is 3.22. The zero-order valence-corrected chi connectivity index (χ0v) is 14.3. The van der Waals surface area contributed by atoms with Crippen LogP contribution >= 0.6 is 0 Å². The van der Waals surface area contributed by atoms with Crippen molar-refractivity contribution >= 4 is 17.7 Å². The Balaban J connectivity index is 1.81. The summed E-state index contributed by atoms with van der Waals surface area (Å²) in [6.07, 6.45) is 2.00. The first-order chi connectivity index (χ1) is 12.5. The summed E-state index contributed by atoms with van der Waals surface area (Å²) in [5.41, 5.74) is 7.64. The average molecular weight is 357 g/mol. The molecule has 4 rings (SSSR count). The number of morpholine rings is 1. The van der Waals surface area contributed by atoms with Crippen LogP contribution in [0.4, 0.5) is 16.4 Å². The number of hydrogen-bond donors (Lipinski definition) is 2. The Morgan fingerprint density at radius 3 is 2.85 bits per heavy atom. The SMILES string of the molecule is CC1COCCN1c1nc(-c2cnc(N)cn2)nc2c1CN(C(=O)O)C2. The molecule has 0 aromatic carbocycles. The van der Waals surface area contributed by atoms with Crippen LogP contribution in [0, 0.1) is 0 Å². The molecule has 1 atom stereocenters. The van der Waals surface area contributed by atoms with Crippen LogP contribution in [0.5, 0.6) is 0 Å². The monoisotopic (exact) mass is 357 g/mol. The highest BCUT2D eigenvalue weighted by Gasteiger charge is 2.32. The third kappa shape index (κ3) is 2.88. The number of nitrogen functional groups attached to an aromatic ring is 1. The van der Waals surface area contributed by atoms with E-state index in [0.29, 0.717) is 42.8 Å². The molecule has 10 nitrogen and oxygen atoms in total. The van der Waals surface area contributed by atoms with Gasteiger partial charge in [0.05, 0.1) is 50.4 Å². The van der Waals surface area contributed by atoms with E-state index < -0.39 is 6.09 Å². The number of nitrogens with zero attached hydrogens (tertiary/aromatic N) is 6. The standard InChI is InChI=1S/C16H19N7O3/c1-9-8-26-3-2-23(9)15-10-6-22(16(24)25)7-12(10)20-14(21-15)11-4-19-13(17)5-18-11/h4-5,9H,2-3,6-8H2,1H3,(H2,17,19)(H,24,25). The van der Waals surface area contributed by atoms with Gasteiger partial charge >= 0.3 is 6.09 Å². The Morgan fingerprint density at radius 2 is 2.15 bits per heavy atom. The van der Waals surface area contributed by atoms with Gasteiger partial charge < -0.3 is 20.5 Å². The molecule has 2 aliphatic heterocycles. The van der Waals surface area contributed by atoms with Crippen molar-refractivity contribution in [3.8, 4) is 11.5 Å². The van der Waals surface area contributed by atoms with E-state index >= 15 is 0 Å². The van der Waals surface area contributed by atoms with Gasteiger partial charge in [-0.05, 0) is 6.92 Å². The molecule has 1 unspecified atom stereocenters. The molecule has 0 saturated carbocycles. The number of amides is 1. The van der Waals surface area contributed by atoms with Crippen LogP contribution in [-0.2, 0) is 17.8 Å². The first-order valence-corrected chi connectivity index (χ1v) is 8.33. The van der Waals surface area contributed by atoms with Crippen LogP contribution < -0.4 is 10.6 Å². The highest BCUT2D eigenvalue weighted by Crippen LogP contribution is 2.32. The molecule has 0 spiro atoms. The van der Waals surface area contributed by atoms with Crippen molar-refractivity contribution in [3.05, 3.63) is 23.7 Å². The second kappa shape index (κ2) is 6.37. The summed E-state index contributed by atoms with van der Waals surface area (Å²) in [5, 5.41) is 9.36. The van der Waals surface area contributed by atoms with E-state index in [2.05, 4.69) is 26.8 Å². The molecule has 0 aliphatic carbocycles. The zero-order chi connectivity index (χ0) is 18.3. The molecular weight excluding hydrogens is 338 g/mol. The van der Waals surface area contributed by atoms with Crippen LogP contribution in [0.3, 0.4) is 0 Å². The number of hydrogen-bond acceptors (Lipinski definition) is 8. The third-order valence-electron chi connectivity index (χ3n) is 4.57. The highest BCUT2D eigenvalue weighted by atomic mass is 16.5. The topological polar surface area (TPSA) is 131 Å². The fraction of sp³-hybridized carbons (Fsp3) is 0.438.